The number of pyridine rings is 1. The van der Waals surface area contributed by atoms with Crippen molar-refractivity contribution >= 4 is 19.1 Å². The van der Waals surface area contributed by atoms with Crippen molar-refractivity contribution in [2.75, 3.05) is 13.7 Å². The molecule has 0 aliphatic heterocycles. The SMILES string of the molecule is COc1ncccc1-c1ncc2c(n1)c(C1(c3ccc(-c4nc(C(F)(F)F)cn4C)cc3)CC1)cn2COCC[Si](C)(C)C. The van der Waals surface area contributed by atoms with Gasteiger partial charge in [-0.1, -0.05) is 43.9 Å². The molecular formula is C32H35F3N6O2Si. The monoisotopic (exact) mass is 620 g/mol. The summed E-state index contributed by atoms with van der Waals surface area (Å²) < 4.78 is 54.9. The van der Waals surface area contributed by atoms with E-state index in [0.29, 0.717) is 36.2 Å². The van der Waals surface area contributed by atoms with Gasteiger partial charge in [-0.2, -0.15) is 13.2 Å². The van der Waals surface area contributed by atoms with Gasteiger partial charge in [0, 0.05) is 56.9 Å². The molecule has 6 rings (SSSR count). The molecule has 230 valence electrons. The van der Waals surface area contributed by atoms with Gasteiger partial charge < -0.3 is 18.6 Å². The normalized spacial score (nSPS) is 14.7. The van der Waals surface area contributed by atoms with Gasteiger partial charge in [0.25, 0.3) is 0 Å². The lowest BCUT2D eigenvalue weighted by atomic mass is 9.88. The van der Waals surface area contributed by atoms with Gasteiger partial charge in [-0.15, -0.1) is 0 Å². The summed E-state index contributed by atoms with van der Waals surface area (Å²) >= 11 is 0. The molecule has 0 unspecified atom stereocenters. The van der Waals surface area contributed by atoms with Gasteiger partial charge in [0.05, 0.1) is 29.9 Å². The maximum absolute atomic E-state index is 13.3. The zero-order valence-electron chi connectivity index (χ0n) is 25.4. The summed E-state index contributed by atoms with van der Waals surface area (Å²) in [6, 6.07) is 12.4. The number of nitrogens with zero attached hydrogens (tertiary/aromatic N) is 6. The van der Waals surface area contributed by atoms with E-state index in [1.54, 1.807) is 20.4 Å². The van der Waals surface area contributed by atoms with Crippen molar-refractivity contribution in [3.63, 3.8) is 0 Å². The van der Waals surface area contributed by atoms with E-state index in [0.717, 1.165) is 47.2 Å². The molecule has 0 N–H and O–H groups in total. The Hall–Kier alpha value is -4.03. The van der Waals surface area contributed by atoms with Crippen molar-refractivity contribution in [2.24, 2.45) is 7.05 Å². The summed E-state index contributed by atoms with van der Waals surface area (Å²) in [6.45, 7) is 8.05. The number of halogens is 3. The molecule has 12 heteroatoms. The highest BCUT2D eigenvalue weighted by Crippen LogP contribution is 2.55. The van der Waals surface area contributed by atoms with Crippen molar-refractivity contribution in [1.29, 1.82) is 0 Å². The van der Waals surface area contributed by atoms with Crippen LogP contribution in [0.1, 0.15) is 29.7 Å². The number of rotatable bonds is 10. The van der Waals surface area contributed by atoms with E-state index in [1.165, 1.54) is 4.57 Å². The first-order chi connectivity index (χ1) is 20.9. The molecule has 0 spiro atoms. The number of hydrogen-bond donors (Lipinski definition) is 0. The van der Waals surface area contributed by atoms with Crippen LogP contribution in [0, 0.1) is 0 Å². The first-order valence-electron chi connectivity index (χ1n) is 14.5. The Balaban J connectivity index is 1.39. The molecule has 8 nitrogen and oxygen atoms in total. The second-order valence-electron chi connectivity index (χ2n) is 12.6. The number of imidazole rings is 1. The molecule has 0 radical (unpaired) electrons. The van der Waals surface area contributed by atoms with Crippen LogP contribution in [0.4, 0.5) is 13.2 Å². The number of ether oxygens (including phenoxy) is 2. The zero-order valence-corrected chi connectivity index (χ0v) is 26.4. The molecule has 4 aromatic heterocycles. The molecule has 1 fully saturated rings. The Kier molecular flexibility index (Phi) is 7.61. The molecule has 44 heavy (non-hydrogen) atoms. The summed E-state index contributed by atoms with van der Waals surface area (Å²) in [4.78, 5) is 17.9. The number of aromatic nitrogens is 6. The van der Waals surface area contributed by atoms with E-state index in [1.807, 2.05) is 42.6 Å². The van der Waals surface area contributed by atoms with Crippen molar-refractivity contribution in [1.82, 2.24) is 29.1 Å². The summed E-state index contributed by atoms with van der Waals surface area (Å²) in [5, 5.41) is 0. The smallest absolute Gasteiger partial charge is 0.434 e. The number of aryl methyl sites for hydroxylation is 1. The first-order valence-corrected chi connectivity index (χ1v) is 18.3. The van der Waals surface area contributed by atoms with E-state index < -0.39 is 19.9 Å². The Bertz CT molecular complexity index is 1800. The number of alkyl halides is 3. The van der Waals surface area contributed by atoms with Gasteiger partial charge in [0.15, 0.2) is 11.5 Å². The molecule has 1 aromatic carbocycles. The van der Waals surface area contributed by atoms with Crippen LogP contribution < -0.4 is 4.74 Å². The number of methoxy groups -OCH3 is 1. The predicted octanol–water partition coefficient (Wildman–Crippen LogP) is 7.31. The standard InChI is InChI=1S/C32H35F3N6O2Si/c1-40-19-26(32(33,34)35)38-29(40)21-8-10-22(11-9-21)31(12-13-31)24-18-41(20-43-15-16-44(3,4)5)25-17-37-28(39-27(24)25)23-7-6-14-36-30(23)42-2/h6-11,14,17-19H,12-13,15-16,20H2,1-5H3. The van der Waals surface area contributed by atoms with Crippen molar-refractivity contribution in [3.05, 3.63) is 78.0 Å². The van der Waals surface area contributed by atoms with Crippen LogP contribution in [0.5, 0.6) is 5.88 Å². The summed E-state index contributed by atoms with van der Waals surface area (Å²) in [6.07, 6.45) is 3.96. The molecule has 0 atom stereocenters. The highest BCUT2D eigenvalue weighted by Gasteiger charge is 2.48. The number of benzene rings is 1. The van der Waals surface area contributed by atoms with E-state index >= 15 is 0 Å². The summed E-state index contributed by atoms with van der Waals surface area (Å²) in [7, 11) is 1.90. The fourth-order valence-electron chi connectivity index (χ4n) is 5.57. The lowest BCUT2D eigenvalue weighted by Gasteiger charge is -2.16. The van der Waals surface area contributed by atoms with E-state index in [9.17, 15) is 13.2 Å². The minimum absolute atomic E-state index is 0.267. The fourth-order valence-corrected chi connectivity index (χ4v) is 6.33. The molecule has 1 aliphatic carbocycles. The molecule has 5 aromatic rings. The molecule has 4 heterocycles. The van der Waals surface area contributed by atoms with Gasteiger partial charge in [-0.05, 0) is 36.6 Å². The Labute approximate surface area is 254 Å². The Morgan fingerprint density at radius 1 is 1.00 bits per heavy atom. The van der Waals surface area contributed by atoms with Gasteiger partial charge >= 0.3 is 6.18 Å². The third-order valence-electron chi connectivity index (χ3n) is 8.18. The van der Waals surface area contributed by atoms with Gasteiger partial charge in [-0.3, -0.25) is 0 Å². The lowest BCUT2D eigenvalue weighted by Crippen LogP contribution is -2.22. The van der Waals surface area contributed by atoms with Gasteiger partial charge in [0.1, 0.15) is 12.6 Å². The Morgan fingerprint density at radius 2 is 1.75 bits per heavy atom. The van der Waals surface area contributed by atoms with Crippen LogP contribution >= 0.6 is 0 Å². The molecule has 1 aliphatic rings. The van der Waals surface area contributed by atoms with Crippen molar-refractivity contribution < 1.29 is 22.6 Å². The molecule has 0 saturated heterocycles. The van der Waals surface area contributed by atoms with Crippen molar-refractivity contribution in [2.45, 2.75) is 56.8 Å². The van der Waals surface area contributed by atoms with Crippen LogP contribution in [0.2, 0.25) is 25.7 Å². The maximum atomic E-state index is 13.3. The van der Waals surface area contributed by atoms with Crippen molar-refractivity contribution in [3.8, 4) is 28.7 Å². The fraction of sp³-hybridized carbons (Fsp3) is 0.375. The van der Waals surface area contributed by atoms with Crippen LogP contribution in [0.15, 0.2) is 61.2 Å². The second-order valence-corrected chi connectivity index (χ2v) is 18.2. The topological polar surface area (TPSA) is 79.9 Å². The summed E-state index contributed by atoms with van der Waals surface area (Å²) in [5.74, 6) is 1.23. The first kappa shape index (κ1) is 30.0. The average molecular weight is 621 g/mol. The van der Waals surface area contributed by atoms with E-state index in [2.05, 4.69) is 45.4 Å². The number of fused-ring (bicyclic) bond motifs is 1. The second kappa shape index (κ2) is 11.2. The highest BCUT2D eigenvalue weighted by molar-refractivity contribution is 6.76. The molecule has 1 saturated carbocycles. The maximum Gasteiger partial charge on any atom is 0.434 e. The quantitative estimate of drug-likeness (QED) is 0.120. The predicted molar refractivity (Wildman–Crippen MR) is 165 cm³/mol. The molecule has 0 bridgehead atoms. The van der Waals surface area contributed by atoms with E-state index in [-0.39, 0.29) is 11.2 Å². The van der Waals surface area contributed by atoms with Crippen LogP contribution in [0.3, 0.4) is 0 Å². The lowest BCUT2D eigenvalue weighted by molar-refractivity contribution is -0.140. The largest absolute Gasteiger partial charge is 0.480 e. The van der Waals surface area contributed by atoms with E-state index in [4.69, 9.17) is 14.5 Å². The average Bonchev–Trinajstić information content (AvgIpc) is 3.57. The minimum atomic E-state index is -4.50. The third kappa shape index (κ3) is 5.75. The third-order valence-corrected chi connectivity index (χ3v) is 9.88. The zero-order chi connectivity index (χ0) is 31.3. The Morgan fingerprint density at radius 3 is 2.39 bits per heavy atom. The minimum Gasteiger partial charge on any atom is -0.480 e. The van der Waals surface area contributed by atoms with Gasteiger partial charge in [-0.25, -0.2) is 19.9 Å². The number of hydrogen-bond acceptors (Lipinski definition) is 6. The van der Waals surface area contributed by atoms with Gasteiger partial charge in [0.2, 0.25) is 5.88 Å². The van der Waals surface area contributed by atoms with Crippen LogP contribution in [-0.2, 0) is 30.1 Å². The summed E-state index contributed by atoms with van der Waals surface area (Å²) in [5.41, 5.74) is 3.97. The molecule has 0 amide bonds. The van der Waals surface area contributed by atoms with Crippen LogP contribution in [0.25, 0.3) is 33.8 Å². The highest BCUT2D eigenvalue weighted by atomic mass is 28.3. The van der Waals surface area contributed by atoms with Crippen LogP contribution in [-0.4, -0.2) is 50.9 Å². The molecular weight excluding hydrogens is 585 g/mol.